The molecule has 0 aliphatic carbocycles. The lowest BCUT2D eigenvalue weighted by atomic mass is 10.1. The first-order valence-corrected chi connectivity index (χ1v) is 9.09. The van der Waals surface area contributed by atoms with Gasteiger partial charge in [0, 0.05) is 23.9 Å². The van der Waals surface area contributed by atoms with Gasteiger partial charge in [-0.15, -0.1) is 11.3 Å². The van der Waals surface area contributed by atoms with E-state index in [1.165, 1.54) is 22.5 Å². The maximum Gasteiger partial charge on any atom is 0.261 e. The molecule has 1 aliphatic rings. The number of carbonyl (C=O) groups is 2. The van der Waals surface area contributed by atoms with Crippen LogP contribution in [0, 0.1) is 11.3 Å². The molecule has 0 N–H and O–H groups in total. The molecule has 0 unspecified atom stereocenters. The lowest BCUT2D eigenvalue weighted by molar-refractivity contribution is 0.0656. The molecular formula is C20H13N3O3S. The van der Waals surface area contributed by atoms with Gasteiger partial charge in [-0.05, 0) is 24.3 Å². The fraction of sp³-hybridized carbons (Fsp3) is 0.100. The number of benzene rings is 1. The highest BCUT2D eigenvalue weighted by Gasteiger charge is 2.34. The monoisotopic (exact) mass is 375 g/mol. The summed E-state index contributed by atoms with van der Waals surface area (Å²) in [6.07, 6.45) is 5.23. The summed E-state index contributed by atoms with van der Waals surface area (Å²) in [6.45, 7) is 0.253. The van der Waals surface area contributed by atoms with Crippen LogP contribution in [0.25, 0.3) is 11.6 Å². The molecule has 0 saturated heterocycles. The number of hydrogen-bond donors (Lipinski definition) is 0. The lowest BCUT2D eigenvalue weighted by Crippen LogP contribution is -2.31. The molecule has 0 fully saturated rings. The summed E-state index contributed by atoms with van der Waals surface area (Å²) < 4.78 is 5.00. The third-order valence-electron chi connectivity index (χ3n) is 4.23. The minimum Gasteiger partial charge on any atom is -0.472 e. The Morgan fingerprint density at radius 3 is 2.59 bits per heavy atom. The van der Waals surface area contributed by atoms with Crippen molar-refractivity contribution >= 4 is 34.8 Å². The van der Waals surface area contributed by atoms with Crippen LogP contribution in [-0.2, 0) is 6.42 Å². The second kappa shape index (κ2) is 7.02. The Labute approximate surface area is 159 Å². The standard InChI is InChI=1S/C20H13N3O3S/c21-10-14(9-13-6-8-26-11-13)18-22-15(12-27-18)5-7-23-19(24)16-3-1-2-4-17(16)20(23)25/h1-4,6,8-9,11-12H,5,7H2. The van der Waals surface area contributed by atoms with Crippen molar-refractivity contribution in [2.45, 2.75) is 6.42 Å². The molecule has 7 heteroatoms. The van der Waals surface area contributed by atoms with Gasteiger partial charge in [-0.1, -0.05) is 12.1 Å². The van der Waals surface area contributed by atoms with Gasteiger partial charge in [0.05, 0.1) is 34.9 Å². The van der Waals surface area contributed by atoms with E-state index >= 15 is 0 Å². The minimum atomic E-state index is -0.274. The van der Waals surface area contributed by atoms with Gasteiger partial charge in [0.25, 0.3) is 11.8 Å². The van der Waals surface area contributed by atoms with Crippen molar-refractivity contribution in [1.29, 1.82) is 5.26 Å². The first kappa shape index (κ1) is 16.9. The number of hydrogen-bond acceptors (Lipinski definition) is 6. The van der Waals surface area contributed by atoms with Crippen LogP contribution in [0.5, 0.6) is 0 Å². The zero-order chi connectivity index (χ0) is 18.8. The van der Waals surface area contributed by atoms with Crippen LogP contribution in [0.3, 0.4) is 0 Å². The predicted molar refractivity (Wildman–Crippen MR) is 99.8 cm³/mol. The fourth-order valence-electron chi connectivity index (χ4n) is 2.88. The van der Waals surface area contributed by atoms with Crippen molar-refractivity contribution in [3.63, 3.8) is 0 Å². The Kier molecular flexibility index (Phi) is 4.40. The molecule has 1 aliphatic heterocycles. The van der Waals surface area contributed by atoms with Crippen molar-refractivity contribution in [2.24, 2.45) is 0 Å². The number of carbonyl (C=O) groups excluding carboxylic acids is 2. The van der Waals surface area contributed by atoms with Gasteiger partial charge in [-0.2, -0.15) is 5.26 Å². The number of nitrogens with zero attached hydrogens (tertiary/aromatic N) is 3. The van der Waals surface area contributed by atoms with E-state index < -0.39 is 0 Å². The molecule has 0 radical (unpaired) electrons. The summed E-state index contributed by atoms with van der Waals surface area (Å²) in [5, 5.41) is 11.8. The quantitative estimate of drug-likeness (QED) is 0.502. The maximum atomic E-state index is 12.4. The molecule has 4 rings (SSSR count). The Hall–Kier alpha value is -3.50. The third kappa shape index (κ3) is 3.18. The molecular weight excluding hydrogens is 362 g/mol. The molecule has 0 saturated carbocycles. The van der Waals surface area contributed by atoms with E-state index in [1.807, 2.05) is 5.38 Å². The van der Waals surface area contributed by atoms with E-state index in [0.717, 1.165) is 11.3 Å². The highest BCUT2D eigenvalue weighted by Crippen LogP contribution is 2.24. The molecule has 3 aromatic rings. The zero-order valence-electron chi connectivity index (χ0n) is 14.1. The predicted octanol–water partition coefficient (Wildman–Crippen LogP) is 3.64. The third-order valence-corrected chi connectivity index (χ3v) is 5.15. The first-order chi connectivity index (χ1) is 13.2. The zero-order valence-corrected chi connectivity index (χ0v) is 14.9. The smallest absolute Gasteiger partial charge is 0.261 e. The molecule has 6 nitrogen and oxygen atoms in total. The number of rotatable bonds is 5. The highest BCUT2D eigenvalue weighted by atomic mass is 32.1. The summed E-state index contributed by atoms with van der Waals surface area (Å²) in [4.78, 5) is 30.5. The minimum absolute atomic E-state index is 0.253. The number of imide groups is 1. The molecule has 0 bridgehead atoms. The van der Waals surface area contributed by atoms with E-state index in [4.69, 9.17) is 4.42 Å². The van der Waals surface area contributed by atoms with E-state index in [9.17, 15) is 14.9 Å². The van der Waals surface area contributed by atoms with Crippen molar-refractivity contribution in [1.82, 2.24) is 9.88 Å². The maximum absolute atomic E-state index is 12.4. The van der Waals surface area contributed by atoms with Gasteiger partial charge in [-0.3, -0.25) is 14.5 Å². The van der Waals surface area contributed by atoms with Crippen molar-refractivity contribution < 1.29 is 14.0 Å². The highest BCUT2D eigenvalue weighted by molar-refractivity contribution is 7.11. The summed E-state index contributed by atoms with van der Waals surface area (Å²) >= 11 is 1.35. The number of amides is 2. The van der Waals surface area contributed by atoms with E-state index in [0.29, 0.717) is 28.1 Å². The second-order valence-electron chi connectivity index (χ2n) is 5.93. The van der Waals surface area contributed by atoms with E-state index in [2.05, 4.69) is 11.1 Å². The molecule has 3 heterocycles. The van der Waals surface area contributed by atoms with Crippen molar-refractivity contribution in [3.8, 4) is 6.07 Å². The SMILES string of the molecule is N#CC(=Cc1ccoc1)c1nc(CCN2C(=O)c3ccccc3C2=O)cs1. The van der Waals surface area contributed by atoms with Gasteiger partial charge in [0.2, 0.25) is 0 Å². The van der Waals surface area contributed by atoms with Crippen LogP contribution in [0.15, 0.2) is 52.7 Å². The van der Waals surface area contributed by atoms with E-state index in [1.54, 1.807) is 42.7 Å². The Morgan fingerprint density at radius 1 is 1.22 bits per heavy atom. The molecule has 27 heavy (non-hydrogen) atoms. The number of aromatic nitrogens is 1. The average Bonchev–Trinajstić information content (AvgIpc) is 3.41. The van der Waals surface area contributed by atoms with Gasteiger partial charge < -0.3 is 4.42 Å². The van der Waals surface area contributed by atoms with Gasteiger partial charge in [0.1, 0.15) is 11.1 Å². The molecule has 1 aromatic carbocycles. The molecule has 0 spiro atoms. The molecule has 132 valence electrons. The summed E-state index contributed by atoms with van der Waals surface area (Å²) in [5.74, 6) is -0.549. The van der Waals surface area contributed by atoms with Crippen LogP contribution >= 0.6 is 11.3 Å². The van der Waals surface area contributed by atoms with Crippen molar-refractivity contribution in [2.75, 3.05) is 6.54 Å². The topological polar surface area (TPSA) is 87.2 Å². The first-order valence-electron chi connectivity index (χ1n) is 8.21. The fourth-order valence-corrected chi connectivity index (χ4v) is 3.70. The van der Waals surface area contributed by atoms with Crippen LogP contribution in [0.1, 0.15) is 37.0 Å². The summed E-state index contributed by atoms with van der Waals surface area (Å²) in [5.41, 5.74) is 2.84. The number of furan rings is 1. The molecule has 2 aromatic heterocycles. The number of thiazole rings is 1. The summed E-state index contributed by atoms with van der Waals surface area (Å²) in [7, 11) is 0. The second-order valence-corrected chi connectivity index (χ2v) is 6.79. The normalized spacial score (nSPS) is 13.7. The Morgan fingerprint density at radius 2 is 1.96 bits per heavy atom. The van der Waals surface area contributed by atoms with Crippen LogP contribution < -0.4 is 0 Å². The largest absolute Gasteiger partial charge is 0.472 e. The van der Waals surface area contributed by atoms with Gasteiger partial charge in [-0.25, -0.2) is 4.98 Å². The lowest BCUT2D eigenvalue weighted by Gasteiger charge is -2.12. The summed E-state index contributed by atoms with van der Waals surface area (Å²) in [6, 6.07) is 10.7. The van der Waals surface area contributed by atoms with Gasteiger partial charge in [0.15, 0.2) is 0 Å². The Bertz CT molecular complexity index is 1050. The number of nitriles is 1. The van der Waals surface area contributed by atoms with Gasteiger partial charge >= 0.3 is 0 Å². The van der Waals surface area contributed by atoms with Crippen molar-refractivity contribution in [3.05, 3.63) is 75.6 Å². The number of fused-ring (bicyclic) bond motifs is 1. The average molecular weight is 375 g/mol. The van der Waals surface area contributed by atoms with Crippen LogP contribution in [0.2, 0.25) is 0 Å². The van der Waals surface area contributed by atoms with Crippen LogP contribution in [0.4, 0.5) is 0 Å². The van der Waals surface area contributed by atoms with E-state index in [-0.39, 0.29) is 18.4 Å². The molecule has 2 amide bonds. The molecule has 0 atom stereocenters. The Balaban J connectivity index is 1.47. The number of allylic oxidation sites excluding steroid dienone is 1. The van der Waals surface area contributed by atoms with Crippen LogP contribution in [-0.4, -0.2) is 28.2 Å².